The number of anilines is 1. The van der Waals surface area contributed by atoms with Crippen LogP contribution in [0.4, 0.5) is 5.69 Å². The van der Waals surface area contributed by atoms with E-state index in [1.54, 1.807) is 0 Å². The number of nitrogens with one attached hydrogen (secondary N) is 1. The number of quaternary nitrogens is 1. The van der Waals surface area contributed by atoms with Crippen molar-refractivity contribution in [3.63, 3.8) is 0 Å². The molecule has 2 unspecified atom stereocenters. The number of nitrogens with zero attached hydrogens (tertiary/aromatic N) is 1. The smallest absolute Gasteiger partial charge is 0.279 e. The Morgan fingerprint density at radius 1 is 0.844 bits per heavy atom. The molecule has 0 saturated carbocycles. The second kappa shape index (κ2) is 10.1. The molecule has 0 spiro atoms. The Bertz CT molecular complexity index is 1010. The first kappa shape index (κ1) is 22.3. The lowest BCUT2D eigenvalue weighted by molar-refractivity contribution is -0.962. The van der Waals surface area contributed by atoms with Gasteiger partial charge in [0.25, 0.3) is 5.91 Å². The minimum Gasteiger partial charge on any atom is -0.321 e. The quantitative estimate of drug-likeness (QED) is 0.443. The van der Waals surface area contributed by atoms with Gasteiger partial charge in [0.15, 0.2) is 6.54 Å². The molecule has 1 saturated heterocycles. The fourth-order valence-electron chi connectivity index (χ4n) is 5.39. The molecule has 1 N–H and O–H groups in total. The van der Waals surface area contributed by atoms with Gasteiger partial charge in [-0.15, -0.1) is 0 Å². The van der Waals surface area contributed by atoms with Crippen LogP contribution in [0.5, 0.6) is 0 Å². The molecule has 1 aliphatic rings. The maximum atomic E-state index is 13.5. The lowest BCUT2D eigenvalue weighted by Gasteiger charge is -2.44. The zero-order chi connectivity index (χ0) is 22.4. The van der Waals surface area contributed by atoms with Gasteiger partial charge in [-0.25, -0.2) is 0 Å². The second-order valence-corrected chi connectivity index (χ2v) is 9.33. The van der Waals surface area contributed by atoms with Crippen molar-refractivity contribution < 1.29 is 9.28 Å². The molecule has 3 aromatic carbocycles. The van der Waals surface area contributed by atoms with Gasteiger partial charge < -0.3 is 9.80 Å². The Kier molecular flexibility index (Phi) is 7.06. The molecule has 0 aliphatic carbocycles. The molecule has 0 radical (unpaired) electrons. The number of rotatable bonds is 6. The molecule has 166 valence electrons. The highest BCUT2D eigenvalue weighted by Gasteiger charge is 2.41. The van der Waals surface area contributed by atoms with Crippen molar-refractivity contribution in [3.8, 4) is 0 Å². The number of hydrogen-bond acceptors (Lipinski definition) is 1. The standard InChI is InChI=1S/C29H34N2O/c1-23-13-12-14-24(2)29(23)30-28(32)22-31(21-25-15-6-3-7-16-25)20-11-5-10-19-27(31)26-17-8-4-9-18-26/h3-4,6-9,12-18,27H,5,10-11,19-22H2,1-2H3/p+1. The summed E-state index contributed by atoms with van der Waals surface area (Å²) >= 11 is 0. The van der Waals surface area contributed by atoms with Crippen LogP contribution in [0.15, 0.2) is 78.9 Å². The van der Waals surface area contributed by atoms with Gasteiger partial charge in [-0.3, -0.25) is 4.79 Å². The first-order valence-corrected chi connectivity index (χ1v) is 11.9. The molecule has 3 heteroatoms. The van der Waals surface area contributed by atoms with E-state index in [1.807, 2.05) is 6.07 Å². The summed E-state index contributed by atoms with van der Waals surface area (Å²) in [5.41, 5.74) is 5.84. The molecule has 3 nitrogen and oxygen atoms in total. The maximum absolute atomic E-state index is 13.5. The summed E-state index contributed by atoms with van der Waals surface area (Å²) in [5.74, 6) is 0.112. The van der Waals surface area contributed by atoms with E-state index in [0.717, 1.165) is 47.2 Å². The monoisotopic (exact) mass is 427 g/mol. The van der Waals surface area contributed by atoms with Crippen LogP contribution in [0.3, 0.4) is 0 Å². The van der Waals surface area contributed by atoms with Gasteiger partial charge in [-0.2, -0.15) is 0 Å². The highest BCUT2D eigenvalue weighted by atomic mass is 16.2. The normalized spacial score (nSPS) is 21.0. The molecule has 32 heavy (non-hydrogen) atoms. The van der Waals surface area contributed by atoms with E-state index in [4.69, 9.17) is 0 Å². The first-order valence-electron chi connectivity index (χ1n) is 11.9. The summed E-state index contributed by atoms with van der Waals surface area (Å²) in [6, 6.07) is 28.0. The molecule has 0 aromatic heterocycles. The lowest BCUT2D eigenvalue weighted by Crippen LogP contribution is -2.54. The van der Waals surface area contributed by atoms with Gasteiger partial charge in [0.2, 0.25) is 0 Å². The van der Waals surface area contributed by atoms with E-state index in [9.17, 15) is 4.79 Å². The van der Waals surface area contributed by atoms with Crippen molar-refractivity contribution in [2.45, 2.75) is 52.1 Å². The number of hydrogen-bond donors (Lipinski definition) is 1. The number of benzene rings is 3. The number of carbonyl (C=O) groups excluding carboxylic acids is 1. The maximum Gasteiger partial charge on any atom is 0.279 e. The number of amides is 1. The minimum absolute atomic E-state index is 0.112. The van der Waals surface area contributed by atoms with E-state index >= 15 is 0 Å². The SMILES string of the molecule is Cc1cccc(C)c1NC(=O)C[N+]1(Cc2ccccc2)CCCCCC1c1ccccc1. The fraction of sp³-hybridized carbons (Fsp3) is 0.345. The van der Waals surface area contributed by atoms with E-state index in [0.29, 0.717) is 12.6 Å². The average Bonchev–Trinajstić information content (AvgIpc) is 3.00. The van der Waals surface area contributed by atoms with Gasteiger partial charge in [0.1, 0.15) is 12.6 Å². The van der Waals surface area contributed by atoms with Crippen molar-refractivity contribution in [1.29, 1.82) is 0 Å². The van der Waals surface area contributed by atoms with Crippen LogP contribution in [0.2, 0.25) is 0 Å². The Morgan fingerprint density at radius 2 is 1.50 bits per heavy atom. The lowest BCUT2D eigenvalue weighted by atomic mass is 9.97. The molecule has 1 amide bonds. The van der Waals surface area contributed by atoms with E-state index in [-0.39, 0.29) is 5.91 Å². The summed E-state index contributed by atoms with van der Waals surface area (Å²) in [7, 11) is 0. The average molecular weight is 428 g/mol. The highest BCUT2D eigenvalue weighted by molar-refractivity contribution is 5.93. The fourth-order valence-corrected chi connectivity index (χ4v) is 5.39. The molecule has 4 rings (SSSR count). The number of aryl methyl sites for hydroxylation is 2. The topological polar surface area (TPSA) is 29.1 Å². The molecule has 3 aromatic rings. The van der Waals surface area contributed by atoms with Crippen molar-refractivity contribution in [2.75, 3.05) is 18.4 Å². The van der Waals surface area contributed by atoms with Crippen molar-refractivity contribution in [3.05, 3.63) is 101 Å². The second-order valence-electron chi connectivity index (χ2n) is 9.33. The van der Waals surface area contributed by atoms with Gasteiger partial charge in [-0.1, -0.05) is 78.9 Å². The van der Waals surface area contributed by atoms with Crippen LogP contribution in [0.25, 0.3) is 0 Å². The predicted octanol–water partition coefficient (Wildman–Crippen LogP) is 6.57. The summed E-state index contributed by atoms with van der Waals surface area (Å²) in [5, 5.41) is 3.27. The number of likely N-dealkylation sites (tertiary alicyclic amines) is 1. The molecule has 1 fully saturated rings. The molecular weight excluding hydrogens is 392 g/mol. The third-order valence-electron chi connectivity index (χ3n) is 6.97. The summed E-state index contributed by atoms with van der Waals surface area (Å²) < 4.78 is 0.783. The van der Waals surface area contributed by atoms with Gasteiger partial charge in [0.05, 0.1) is 6.54 Å². The molecule has 2 atom stereocenters. The summed E-state index contributed by atoms with van der Waals surface area (Å²) in [6.07, 6.45) is 4.73. The largest absolute Gasteiger partial charge is 0.321 e. The molecular formula is C29H35N2O+. The predicted molar refractivity (Wildman–Crippen MR) is 132 cm³/mol. The van der Waals surface area contributed by atoms with Crippen molar-refractivity contribution in [2.24, 2.45) is 0 Å². The van der Waals surface area contributed by atoms with Gasteiger partial charge >= 0.3 is 0 Å². The Labute approximate surface area is 192 Å². The number of carbonyl (C=O) groups is 1. The number of para-hydroxylation sites is 1. The molecule has 1 heterocycles. The Balaban J connectivity index is 1.70. The van der Waals surface area contributed by atoms with Crippen LogP contribution in [0.1, 0.15) is 54.0 Å². The zero-order valence-electron chi connectivity index (χ0n) is 19.4. The van der Waals surface area contributed by atoms with E-state index in [1.165, 1.54) is 24.0 Å². The first-order chi connectivity index (χ1) is 15.6. The van der Waals surface area contributed by atoms with Gasteiger partial charge in [0, 0.05) is 23.2 Å². The van der Waals surface area contributed by atoms with Crippen molar-refractivity contribution in [1.82, 2.24) is 0 Å². The molecule has 1 aliphatic heterocycles. The van der Waals surface area contributed by atoms with E-state index < -0.39 is 0 Å². The van der Waals surface area contributed by atoms with Crippen LogP contribution in [-0.4, -0.2) is 23.5 Å². The third kappa shape index (κ3) is 5.11. The Morgan fingerprint density at radius 3 is 2.19 bits per heavy atom. The Hall–Kier alpha value is -2.91. The van der Waals surface area contributed by atoms with E-state index in [2.05, 4.69) is 92.0 Å². The minimum atomic E-state index is 0.112. The van der Waals surface area contributed by atoms with Crippen molar-refractivity contribution >= 4 is 11.6 Å². The summed E-state index contributed by atoms with van der Waals surface area (Å²) in [4.78, 5) is 13.5. The highest BCUT2D eigenvalue weighted by Crippen LogP contribution is 2.38. The van der Waals surface area contributed by atoms with Crippen LogP contribution in [-0.2, 0) is 11.3 Å². The third-order valence-corrected chi connectivity index (χ3v) is 6.97. The molecule has 0 bridgehead atoms. The van der Waals surface area contributed by atoms with Crippen LogP contribution >= 0.6 is 0 Å². The van der Waals surface area contributed by atoms with Crippen LogP contribution < -0.4 is 5.32 Å². The zero-order valence-corrected chi connectivity index (χ0v) is 19.4. The summed E-state index contributed by atoms with van der Waals surface area (Å²) in [6.45, 7) is 6.52. The van der Waals surface area contributed by atoms with Gasteiger partial charge in [-0.05, 0) is 44.2 Å². The van der Waals surface area contributed by atoms with Crippen LogP contribution in [0, 0.1) is 13.8 Å².